The van der Waals surface area contributed by atoms with Crippen molar-refractivity contribution >= 4 is 11.3 Å². The second kappa shape index (κ2) is 3.74. The van der Waals surface area contributed by atoms with Crippen LogP contribution in [0.2, 0.25) is 0 Å². The highest BCUT2D eigenvalue weighted by Gasteiger charge is 2.13. The Labute approximate surface area is 84.6 Å². The molecule has 1 heterocycles. The lowest BCUT2D eigenvalue weighted by Gasteiger charge is -2.21. The Morgan fingerprint density at radius 2 is 2.36 bits per heavy atom. The van der Waals surface area contributed by atoms with E-state index in [1.54, 1.807) is 0 Å². The fourth-order valence-electron chi connectivity index (χ4n) is 1.64. The summed E-state index contributed by atoms with van der Waals surface area (Å²) in [7, 11) is 0. The molecule has 0 atom stereocenters. The number of hydrogen-bond donors (Lipinski definition) is 1. The maximum atomic E-state index is 5.67. The van der Waals surface area contributed by atoms with Crippen molar-refractivity contribution < 1.29 is 4.74 Å². The van der Waals surface area contributed by atoms with E-state index in [-0.39, 0.29) is 0 Å². The molecule has 0 radical (unpaired) electrons. The highest BCUT2D eigenvalue weighted by molar-refractivity contribution is 5.76. The van der Waals surface area contributed by atoms with Gasteiger partial charge in [0.1, 0.15) is 12.4 Å². The minimum atomic E-state index is 0.751. The number of anilines is 1. The Hall–Kier alpha value is -1.44. The molecule has 0 saturated heterocycles. The molecule has 0 unspecified atom stereocenters. The van der Waals surface area contributed by atoms with Crippen molar-refractivity contribution in [1.82, 2.24) is 0 Å². The van der Waals surface area contributed by atoms with E-state index >= 15 is 0 Å². The summed E-state index contributed by atoms with van der Waals surface area (Å²) in [6.45, 7) is 5.80. The van der Waals surface area contributed by atoms with Crippen molar-refractivity contribution in [3.8, 4) is 5.75 Å². The van der Waals surface area contributed by atoms with Gasteiger partial charge in [-0.2, -0.15) is 0 Å². The first-order valence-corrected chi connectivity index (χ1v) is 4.96. The van der Waals surface area contributed by atoms with Gasteiger partial charge in [0, 0.05) is 12.1 Å². The molecule has 2 heteroatoms. The van der Waals surface area contributed by atoms with Gasteiger partial charge in [-0.3, -0.25) is 0 Å². The zero-order valence-corrected chi connectivity index (χ0v) is 8.63. The molecule has 0 amide bonds. The molecule has 0 aromatic heterocycles. The number of rotatable bonds is 1. The number of fused-ring (bicyclic) bond motifs is 1. The molecule has 1 N–H and O–H groups in total. The third-order valence-electron chi connectivity index (χ3n) is 2.54. The Morgan fingerprint density at radius 3 is 3.14 bits per heavy atom. The zero-order chi connectivity index (χ0) is 9.97. The number of ether oxygens (including phenoxy) is 1. The standard InChI is InChI=1S/C12H15NO/c1-3-9(2)10-5-4-6-11-12(10)14-8-7-13-11/h3-6,13H,7-8H2,1-2H3/b9-3-. The first-order valence-electron chi connectivity index (χ1n) is 4.96. The Kier molecular flexibility index (Phi) is 2.44. The second-order valence-corrected chi connectivity index (χ2v) is 3.43. The first-order chi connectivity index (χ1) is 6.83. The average Bonchev–Trinajstić information content (AvgIpc) is 2.27. The summed E-state index contributed by atoms with van der Waals surface area (Å²) >= 11 is 0. The van der Waals surface area contributed by atoms with Gasteiger partial charge in [0.2, 0.25) is 0 Å². The van der Waals surface area contributed by atoms with Gasteiger partial charge in [-0.15, -0.1) is 0 Å². The summed E-state index contributed by atoms with van der Waals surface area (Å²) in [5.74, 6) is 0.995. The lowest BCUT2D eigenvalue weighted by molar-refractivity contribution is 0.322. The van der Waals surface area contributed by atoms with Gasteiger partial charge >= 0.3 is 0 Å². The van der Waals surface area contributed by atoms with Crippen molar-refractivity contribution in [3.63, 3.8) is 0 Å². The van der Waals surface area contributed by atoms with E-state index in [1.807, 2.05) is 6.92 Å². The lowest BCUT2D eigenvalue weighted by Crippen LogP contribution is -2.18. The molecule has 0 fully saturated rings. The highest BCUT2D eigenvalue weighted by Crippen LogP contribution is 2.34. The van der Waals surface area contributed by atoms with Gasteiger partial charge in [-0.05, 0) is 25.5 Å². The van der Waals surface area contributed by atoms with Crippen LogP contribution in [0.3, 0.4) is 0 Å². The number of benzene rings is 1. The first kappa shape index (κ1) is 9.13. The number of nitrogens with one attached hydrogen (secondary N) is 1. The van der Waals surface area contributed by atoms with Gasteiger partial charge in [0.15, 0.2) is 0 Å². The molecule has 2 rings (SSSR count). The van der Waals surface area contributed by atoms with E-state index in [2.05, 4.69) is 36.5 Å². The Morgan fingerprint density at radius 1 is 1.50 bits per heavy atom. The summed E-state index contributed by atoms with van der Waals surface area (Å²) in [4.78, 5) is 0. The molecule has 0 bridgehead atoms. The topological polar surface area (TPSA) is 21.3 Å². The molecule has 2 nitrogen and oxygen atoms in total. The van der Waals surface area contributed by atoms with Crippen molar-refractivity contribution in [3.05, 3.63) is 29.8 Å². The number of hydrogen-bond acceptors (Lipinski definition) is 2. The second-order valence-electron chi connectivity index (χ2n) is 3.43. The molecule has 1 aliphatic rings. The summed E-state index contributed by atoms with van der Waals surface area (Å²) in [5.41, 5.74) is 3.55. The van der Waals surface area contributed by atoms with Crippen LogP contribution in [0.5, 0.6) is 5.75 Å². The molecule has 1 aromatic rings. The third kappa shape index (κ3) is 1.48. The van der Waals surface area contributed by atoms with E-state index in [0.717, 1.165) is 24.6 Å². The predicted octanol–water partition coefficient (Wildman–Crippen LogP) is 2.91. The fraction of sp³-hybridized carbons (Fsp3) is 0.333. The van der Waals surface area contributed by atoms with Crippen LogP contribution in [0.15, 0.2) is 24.3 Å². The van der Waals surface area contributed by atoms with E-state index in [4.69, 9.17) is 4.74 Å². The van der Waals surface area contributed by atoms with E-state index < -0.39 is 0 Å². The Balaban J connectivity index is 2.50. The minimum absolute atomic E-state index is 0.751. The van der Waals surface area contributed by atoms with Gasteiger partial charge < -0.3 is 10.1 Å². The summed E-state index contributed by atoms with van der Waals surface area (Å²) in [5, 5.41) is 3.33. The smallest absolute Gasteiger partial charge is 0.149 e. The van der Waals surface area contributed by atoms with Crippen molar-refractivity contribution in [2.75, 3.05) is 18.5 Å². The molecule has 74 valence electrons. The van der Waals surface area contributed by atoms with Gasteiger partial charge in [-0.25, -0.2) is 0 Å². The van der Waals surface area contributed by atoms with Crippen LogP contribution in [0, 0.1) is 0 Å². The quantitative estimate of drug-likeness (QED) is 0.733. The SMILES string of the molecule is C/C=C(/C)c1cccc2c1OCCN2. The normalized spacial score (nSPS) is 15.4. The van der Waals surface area contributed by atoms with Crippen LogP contribution in [0.1, 0.15) is 19.4 Å². The number of para-hydroxylation sites is 1. The van der Waals surface area contributed by atoms with Gasteiger partial charge in [0.25, 0.3) is 0 Å². The maximum Gasteiger partial charge on any atom is 0.149 e. The zero-order valence-electron chi connectivity index (χ0n) is 8.63. The maximum absolute atomic E-state index is 5.67. The van der Waals surface area contributed by atoms with Gasteiger partial charge in [0.05, 0.1) is 5.69 Å². The van der Waals surface area contributed by atoms with Crippen molar-refractivity contribution in [2.45, 2.75) is 13.8 Å². The molecule has 0 spiro atoms. The minimum Gasteiger partial charge on any atom is -0.489 e. The highest BCUT2D eigenvalue weighted by atomic mass is 16.5. The predicted molar refractivity (Wildman–Crippen MR) is 59.8 cm³/mol. The van der Waals surface area contributed by atoms with Crippen LogP contribution < -0.4 is 10.1 Å². The largest absolute Gasteiger partial charge is 0.489 e. The summed E-state index contributed by atoms with van der Waals surface area (Å²) in [6, 6.07) is 6.21. The molecular weight excluding hydrogens is 174 g/mol. The molecule has 14 heavy (non-hydrogen) atoms. The molecule has 0 saturated carbocycles. The fourth-order valence-corrected chi connectivity index (χ4v) is 1.64. The van der Waals surface area contributed by atoms with Crippen LogP contribution in [-0.2, 0) is 0 Å². The molecule has 1 aliphatic heterocycles. The third-order valence-corrected chi connectivity index (χ3v) is 2.54. The van der Waals surface area contributed by atoms with Crippen LogP contribution in [0.4, 0.5) is 5.69 Å². The lowest BCUT2D eigenvalue weighted by atomic mass is 10.0. The van der Waals surface area contributed by atoms with Gasteiger partial charge in [-0.1, -0.05) is 18.2 Å². The van der Waals surface area contributed by atoms with Crippen LogP contribution >= 0.6 is 0 Å². The van der Waals surface area contributed by atoms with Crippen LogP contribution in [-0.4, -0.2) is 13.2 Å². The van der Waals surface area contributed by atoms with E-state index in [9.17, 15) is 0 Å². The summed E-state index contributed by atoms with van der Waals surface area (Å²) in [6.07, 6.45) is 2.10. The molecule has 1 aromatic carbocycles. The van der Waals surface area contributed by atoms with Crippen LogP contribution in [0.25, 0.3) is 5.57 Å². The van der Waals surface area contributed by atoms with Crippen molar-refractivity contribution in [1.29, 1.82) is 0 Å². The molecule has 0 aliphatic carbocycles. The number of allylic oxidation sites excluding steroid dienone is 2. The molecular formula is C12H15NO. The monoisotopic (exact) mass is 189 g/mol. The van der Waals surface area contributed by atoms with E-state index in [0.29, 0.717) is 0 Å². The van der Waals surface area contributed by atoms with E-state index in [1.165, 1.54) is 11.1 Å². The summed E-state index contributed by atoms with van der Waals surface area (Å²) < 4.78 is 5.67. The Bertz CT molecular complexity index is 369. The average molecular weight is 189 g/mol. The van der Waals surface area contributed by atoms with Crippen molar-refractivity contribution in [2.24, 2.45) is 0 Å².